The Morgan fingerprint density at radius 2 is 1.50 bits per heavy atom. The summed E-state index contributed by atoms with van der Waals surface area (Å²) in [6.45, 7) is 7.02. The number of hydrogen-bond acceptors (Lipinski definition) is 4. The van der Waals surface area contributed by atoms with Crippen LogP contribution in [0.1, 0.15) is 37.5 Å². The van der Waals surface area contributed by atoms with E-state index < -0.39 is 0 Å². The molecule has 4 heteroatoms. The average Bonchev–Trinajstić information content (AvgIpc) is 2.76. The van der Waals surface area contributed by atoms with Crippen LogP contribution in [0.15, 0.2) is 71.7 Å². The number of rotatable bonds is 7. The molecule has 3 aromatic carbocycles. The molecule has 0 atom stereocenters. The first-order valence-corrected chi connectivity index (χ1v) is 9.98. The highest BCUT2D eigenvalue weighted by molar-refractivity contribution is 5.84. The number of nitrogens with zero attached hydrogens (tertiary/aromatic N) is 1. The number of benzene rings is 3. The maximum atomic E-state index is 6.00. The molecule has 0 radical (unpaired) electrons. The van der Waals surface area contributed by atoms with Crippen LogP contribution in [0.2, 0.25) is 0 Å². The van der Waals surface area contributed by atoms with Crippen LogP contribution in [0.5, 0.6) is 17.2 Å². The van der Waals surface area contributed by atoms with Crippen molar-refractivity contribution < 1.29 is 14.2 Å². The summed E-state index contributed by atoms with van der Waals surface area (Å²) < 4.78 is 16.9. The van der Waals surface area contributed by atoms with Crippen LogP contribution in [0.3, 0.4) is 0 Å². The fraction of sp³-hybridized carbons (Fsp3) is 0.269. The van der Waals surface area contributed by atoms with Gasteiger partial charge in [-0.1, -0.05) is 57.2 Å². The van der Waals surface area contributed by atoms with E-state index in [9.17, 15) is 0 Å². The van der Waals surface area contributed by atoms with E-state index in [0.717, 1.165) is 22.6 Å². The molecule has 0 aliphatic rings. The standard InChI is InChI=1S/C26H29NO3/c1-26(2,3)21-12-14-23(28-4)22(16-21)27-17-20-11-13-24(29-5)25(15-20)30-18-19-9-7-6-8-10-19/h6-17H,18H2,1-5H3. The summed E-state index contributed by atoms with van der Waals surface area (Å²) in [5.41, 5.74) is 4.06. The van der Waals surface area contributed by atoms with E-state index in [1.165, 1.54) is 5.56 Å². The molecule has 0 aromatic heterocycles. The second-order valence-corrected chi connectivity index (χ2v) is 8.08. The number of aliphatic imine (C=N–C) groups is 1. The van der Waals surface area contributed by atoms with E-state index in [0.29, 0.717) is 18.1 Å². The van der Waals surface area contributed by atoms with Gasteiger partial charge in [0, 0.05) is 6.21 Å². The number of ether oxygens (including phenoxy) is 3. The predicted octanol–water partition coefficient (Wildman–Crippen LogP) is 6.33. The zero-order valence-corrected chi connectivity index (χ0v) is 18.3. The summed E-state index contributed by atoms with van der Waals surface area (Å²) in [6, 6.07) is 22.0. The maximum Gasteiger partial charge on any atom is 0.162 e. The van der Waals surface area contributed by atoms with Crippen molar-refractivity contribution in [1.82, 2.24) is 0 Å². The fourth-order valence-electron chi connectivity index (χ4n) is 3.02. The topological polar surface area (TPSA) is 40.0 Å². The molecule has 30 heavy (non-hydrogen) atoms. The second kappa shape index (κ2) is 9.49. The van der Waals surface area contributed by atoms with E-state index >= 15 is 0 Å². The molecule has 0 aliphatic carbocycles. The van der Waals surface area contributed by atoms with Crippen LogP contribution in [-0.4, -0.2) is 20.4 Å². The highest BCUT2D eigenvalue weighted by atomic mass is 16.5. The normalized spacial score (nSPS) is 11.5. The summed E-state index contributed by atoms with van der Waals surface area (Å²) in [4.78, 5) is 4.69. The molecule has 0 saturated carbocycles. The summed E-state index contributed by atoms with van der Waals surface area (Å²) in [5.74, 6) is 2.12. The zero-order valence-electron chi connectivity index (χ0n) is 18.3. The molecule has 0 aliphatic heterocycles. The second-order valence-electron chi connectivity index (χ2n) is 8.08. The van der Waals surface area contributed by atoms with Gasteiger partial charge in [0.2, 0.25) is 0 Å². The third-order valence-electron chi connectivity index (χ3n) is 4.82. The van der Waals surface area contributed by atoms with Gasteiger partial charge in [0.25, 0.3) is 0 Å². The minimum atomic E-state index is 0.0368. The Kier molecular flexibility index (Phi) is 6.78. The molecule has 3 rings (SSSR count). The van der Waals surface area contributed by atoms with Crippen molar-refractivity contribution in [2.75, 3.05) is 14.2 Å². The lowest BCUT2D eigenvalue weighted by atomic mass is 9.87. The number of hydrogen-bond donors (Lipinski definition) is 0. The molecule has 0 bridgehead atoms. The summed E-state index contributed by atoms with van der Waals surface area (Å²) in [5, 5.41) is 0. The Hall–Kier alpha value is -3.27. The van der Waals surface area contributed by atoms with Gasteiger partial charge in [-0.15, -0.1) is 0 Å². The average molecular weight is 404 g/mol. The third-order valence-corrected chi connectivity index (χ3v) is 4.82. The zero-order chi connectivity index (χ0) is 21.6. The van der Waals surface area contributed by atoms with Crippen molar-refractivity contribution >= 4 is 11.9 Å². The Morgan fingerprint density at radius 3 is 2.17 bits per heavy atom. The lowest BCUT2D eigenvalue weighted by Crippen LogP contribution is -2.10. The summed E-state index contributed by atoms with van der Waals surface area (Å²) in [7, 11) is 3.30. The maximum absolute atomic E-state index is 6.00. The quantitative estimate of drug-likeness (QED) is 0.433. The van der Waals surface area contributed by atoms with Crippen LogP contribution in [0.4, 0.5) is 5.69 Å². The van der Waals surface area contributed by atoms with E-state index in [-0.39, 0.29) is 5.41 Å². The minimum Gasteiger partial charge on any atom is -0.494 e. The van der Waals surface area contributed by atoms with Gasteiger partial charge in [-0.05, 0) is 52.4 Å². The molecule has 0 saturated heterocycles. The molecule has 0 amide bonds. The predicted molar refractivity (Wildman–Crippen MR) is 123 cm³/mol. The van der Waals surface area contributed by atoms with Crippen molar-refractivity contribution in [3.63, 3.8) is 0 Å². The van der Waals surface area contributed by atoms with Crippen LogP contribution in [0, 0.1) is 0 Å². The monoisotopic (exact) mass is 403 g/mol. The van der Waals surface area contributed by atoms with Gasteiger partial charge < -0.3 is 14.2 Å². The van der Waals surface area contributed by atoms with Gasteiger partial charge >= 0.3 is 0 Å². The van der Waals surface area contributed by atoms with Gasteiger partial charge in [-0.3, -0.25) is 4.99 Å². The third kappa shape index (κ3) is 5.41. The van der Waals surface area contributed by atoms with Crippen LogP contribution in [0.25, 0.3) is 0 Å². The van der Waals surface area contributed by atoms with Gasteiger partial charge in [-0.25, -0.2) is 0 Å². The number of methoxy groups -OCH3 is 2. The highest BCUT2D eigenvalue weighted by Crippen LogP contribution is 2.34. The molecule has 4 nitrogen and oxygen atoms in total. The van der Waals surface area contributed by atoms with Crippen LogP contribution >= 0.6 is 0 Å². The van der Waals surface area contributed by atoms with Crippen molar-refractivity contribution in [2.45, 2.75) is 32.8 Å². The molecular formula is C26H29NO3. The van der Waals surface area contributed by atoms with Gasteiger partial charge in [-0.2, -0.15) is 0 Å². The Bertz CT molecular complexity index is 1000. The first kappa shape index (κ1) is 21.4. The van der Waals surface area contributed by atoms with Crippen molar-refractivity contribution in [2.24, 2.45) is 4.99 Å². The Labute approximate surface area is 179 Å². The van der Waals surface area contributed by atoms with Crippen molar-refractivity contribution in [1.29, 1.82) is 0 Å². The summed E-state index contributed by atoms with van der Waals surface area (Å²) >= 11 is 0. The molecular weight excluding hydrogens is 374 g/mol. The van der Waals surface area contributed by atoms with Crippen molar-refractivity contribution in [3.8, 4) is 17.2 Å². The van der Waals surface area contributed by atoms with E-state index in [2.05, 4.69) is 37.9 Å². The molecule has 0 N–H and O–H groups in total. The molecule has 156 valence electrons. The van der Waals surface area contributed by atoms with E-state index in [4.69, 9.17) is 14.2 Å². The first-order valence-electron chi connectivity index (χ1n) is 9.98. The molecule has 0 heterocycles. The Balaban J connectivity index is 1.85. The molecule has 0 unspecified atom stereocenters. The first-order chi connectivity index (χ1) is 14.4. The van der Waals surface area contributed by atoms with Gasteiger partial charge in [0.1, 0.15) is 18.0 Å². The summed E-state index contributed by atoms with van der Waals surface area (Å²) in [6.07, 6.45) is 1.82. The smallest absolute Gasteiger partial charge is 0.162 e. The van der Waals surface area contributed by atoms with Crippen LogP contribution < -0.4 is 14.2 Å². The van der Waals surface area contributed by atoms with Gasteiger partial charge in [0.05, 0.1) is 14.2 Å². The van der Waals surface area contributed by atoms with Crippen LogP contribution in [-0.2, 0) is 12.0 Å². The lowest BCUT2D eigenvalue weighted by Gasteiger charge is -2.20. The SMILES string of the molecule is COc1ccc(C(C)(C)C)cc1N=Cc1ccc(OC)c(OCc2ccccc2)c1. The molecule has 0 spiro atoms. The van der Waals surface area contributed by atoms with E-state index in [1.807, 2.05) is 60.8 Å². The molecule has 3 aromatic rings. The largest absolute Gasteiger partial charge is 0.494 e. The van der Waals surface area contributed by atoms with Crippen molar-refractivity contribution in [3.05, 3.63) is 83.4 Å². The highest BCUT2D eigenvalue weighted by Gasteiger charge is 2.15. The molecule has 0 fully saturated rings. The van der Waals surface area contributed by atoms with Gasteiger partial charge in [0.15, 0.2) is 11.5 Å². The lowest BCUT2D eigenvalue weighted by molar-refractivity contribution is 0.284. The fourth-order valence-corrected chi connectivity index (χ4v) is 3.02. The Morgan fingerprint density at radius 1 is 0.800 bits per heavy atom. The van der Waals surface area contributed by atoms with E-state index in [1.54, 1.807) is 14.2 Å². The minimum absolute atomic E-state index is 0.0368.